The summed E-state index contributed by atoms with van der Waals surface area (Å²) in [6.07, 6.45) is 0. The lowest BCUT2D eigenvalue weighted by Crippen LogP contribution is -2.10. The first-order valence-corrected chi connectivity index (χ1v) is 18.7. The molecule has 0 atom stereocenters. The van der Waals surface area contributed by atoms with E-state index in [1.165, 1.54) is 27.5 Å². The smallest absolute Gasteiger partial charge is 0.143 e. The quantitative estimate of drug-likeness (QED) is 0.173. The summed E-state index contributed by atoms with van der Waals surface area (Å²) in [6.45, 7) is 0. The van der Waals surface area contributed by atoms with E-state index in [2.05, 4.69) is 193 Å². The molecule has 0 spiro atoms. The molecular weight excluding hydrogens is 671 g/mol. The molecule has 0 fully saturated rings. The lowest BCUT2D eigenvalue weighted by molar-refractivity contribution is 0.669. The monoisotopic (exact) mass is 703 g/mol. The Kier molecular flexibility index (Phi) is 7.17. The fraction of sp³-hybridized carbons (Fsp3) is 0. The number of hydrogen-bond donors (Lipinski definition) is 0. The molecule has 11 aromatic rings. The molecule has 0 bridgehead atoms. The standard InChI is InChI=1S/C52H33NO2/c1-3-13-34(14-4-1)37-17-11-18-39(31-37)53(40-29-30-44-43-20-9-10-24-48(43)54-49(44)32-40)38-27-25-36(26-28-38)41-22-12-23-46-51-45-21-8-7-19-42(45)47(33-50(51)55-52(41)46)35-15-5-2-6-16-35/h1-33H. The van der Waals surface area contributed by atoms with Crippen LogP contribution in [0, 0.1) is 0 Å². The normalized spacial score (nSPS) is 11.6. The van der Waals surface area contributed by atoms with Gasteiger partial charge in [0.1, 0.15) is 22.3 Å². The first-order valence-electron chi connectivity index (χ1n) is 18.7. The summed E-state index contributed by atoms with van der Waals surface area (Å²) < 4.78 is 13.2. The van der Waals surface area contributed by atoms with Crippen molar-refractivity contribution in [2.24, 2.45) is 0 Å². The van der Waals surface area contributed by atoms with Crippen molar-refractivity contribution in [2.75, 3.05) is 4.90 Å². The van der Waals surface area contributed by atoms with E-state index in [9.17, 15) is 0 Å². The predicted octanol–water partition coefficient (Wildman–Crippen LogP) is 15.1. The number of furan rings is 2. The van der Waals surface area contributed by atoms with Crippen molar-refractivity contribution in [3.05, 3.63) is 200 Å². The van der Waals surface area contributed by atoms with Crippen molar-refractivity contribution in [3.63, 3.8) is 0 Å². The summed E-state index contributed by atoms with van der Waals surface area (Å²) in [5, 5.41) is 6.90. The molecule has 0 N–H and O–H groups in total. The summed E-state index contributed by atoms with van der Waals surface area (Å²) in [6, 6.07) is 70.8. The molecular formula is C52H33NO2. The Hall–Kier alpha value is -7.36. The van der Waals surface area contributed by atoms with Crippen LogP contribution in [0.4, 0.5) is 17.1 Å². The zero-order chi connectivity index (χ0) is 36.3. The van der Waals surface area contributed by atoms with E-state index in [-0.39, 0.29) is 0 Å². The van der Waals surface area contributed by atoms with Gasteiger partial charge in [0, 0.05) is 50.2 Å². The molecule has 258 valence electrons. The Labute approximate surface area is 317 Å². The second-order valence-electron chi connectivity index (χ2n) is 14.1. The number of fused-ring (bicyclic) bond motifs is 8. The average Bonchev–Trinajstić information content (AvgIpc) is 3.83. The van der Waals surface area contributed by atoms with Gasteiger partial charge in [-0.3, -0.25) is 0 Å². The van der Waals surface area contributed by atoms with Gasteiger partial charge in [-0.05, 0) is 87.1 Å². The lowest BCUT2D eigenvalue weighted by Gasteiger charge is -2.26. The molecule has 3 nitrogen and oxygen atoms in total. The number of hydrogen-bond acceptors (Lipinski definition) is 3. The molecule has 9 aromatic carbocycles. The maximum Gasteiger partial charge on any atom is 0.143 e. The summed E-state index contributed by atoms with van der Waals surface area (Å²) in [7, 11) is 0. The van der Waals surface area contributed by atoms with Gasteiger partial charge < -0.3 is 13.7 Å². The van der Waals surface area contributed by atoms with Crippen LogP contribution in [0.25, 0.3) is 88.0 Å². The molecule has 0 aliphatic heterocycles. The van der Waals surface area contributed by atoms with Crippen LogP contribution < -0.4 is 4.90 Å². The molecule has 11 rings (SSSR count). The van der Waals surface area contributed by atoms with Crippen LogP contribution in [0.15, 0.2) is 209 Å². The van der Waals surface area contributed by atoms with E-state index < -0.39 is 0 Å². The maximum atomic E-state index is 6.82. The average molecular weight is 704 g/mol. The summed E-state index contributed by atoms with van der Waals surface area (Å²) in [5.74, 6) is 0. The minimum absolute atomic E-state index is 0.860. The number of anilines is 3. The molecule has 0 aliphatic carbocycles. The Morgan fingerprint density at radius 3 is 1.71 bits per heavy atom. The van der Waals surface area contributed by atoms with E-state index in [0.29, 0.717) is 0 Å². The highest BCUT2D eigenvalue weighted by Crippen LogP contribution is 2.44. The van der Waals surface area contributed by atoms with Crippen LogP contribution in [-0.4, -0.2) is 0 Å². The minimum Gasteiger partial charge on any atom is -0.456 e. The van der Waals surface area contributed by atoms with Gasteiger partial charge in [0.2, 0.25) is 0 Å². The van der Waals surface area contributed by atoms with Gasteiger partial charge in [-0.1, -0.05) is 146 Å². The van der Waals surface area contributed by atoms with Gasteiger partial charge >= 0.3 is 0 Å². The van der Waals surface area contributed by atoms with Gasteiger partial charge in [-0.25, -0.2) is 0 Å². The number of rotatable bonds is 6. The lowest BCUT2D eigenvalue weighted by atomic mass is 9.94. The van der Waals surface area contributed by atoms with Crippen LogP contribution in [-0.2, 0) is 0 Å². The van der Waals surface area contributed by atoms with Gasteiger partial charge in [-0.2, -0.15) is 0 Å². The van der Waals surface area contributed by atoms with Crippen molar-refractivity contribution in [1.82, 2.24) is 0 Å². The Morgan fingerprint density at radius 1 is 0.291 bits per heavy atom. The first kappa shape index (κ1) is 31.2. The zero-order valence-electron chi connectivity index (χ0n) is 29.8. The molecule has 0 radical (unpaired) electrons. The maximum absolute atomic E-state index is 6.82. The topological polar surface area (TPSA) is 29.5 Å². The zero-order valence-corrected chi connectivity index (χ0v) is 29.8. The molecule has 55 heavy (non-hydrogen) atoms. The van der Waals surface area contributed by atoms with Gasteiger partial charge in [0.25, 0.3) is 0 Å². The summed E-state index contributed by atoms with van der Waals surface area (Å²) in [5.41, 5.74) is 13.5. The largest absolute Gasteiger partial charge is 0.456 e. The first-order chi connectivity index (χ1) is 27.3. The van der Waals surface area contributed by atoms with E-state index in [0.717, 1.165) is 77.6 Å². The number of benzene rings is 9. The van der Waals surface area contributed by atoms with E-state index in [1.807, 2.05) is 12.1 Å². The van der Waals surface area contributed by atoms with Gasteiger partial charge in [-0.15, -0.1) is 0 Å². The minimum atomic E-state index is 0.860. The van der Waals surface area contributed by atoms with Crippen molar-refractivity contribution < 1.29 is 8.83 Å². The Bertz CT molecular complexity index is 3190. The molecule has 0 saturated heterocycles. The summed E-state index contributed by atoms with van der Waals surface area (Å²) >= 11 is 0. The van der Waals surface area contributed by atoms with E-state index in [1.54, 1.807) is 0 Å². The second kappa shape index (κ2) is 12.6. The van der Waals surface area contributed by atoms with Crippen molar-refractivity contribution in [3.8, 4) is 33.4 Å². The molecule has 0 saturated carbocycles. The molecule has 2 aromatic heterocycles. The highest BCUT2D eigenvalue weighted by Gasteiger charge is 2.19. The van der Waals surface area contributed by atoms with Crippen molar-refractivity contribution >= 4 is 71.7 Å². The van der Waals surface area contributed by atoms with Gasteiger partial charge in [0.05, 0.1) is 0 Å². The highest BCUT2D eigenvalue weighted by molar-refractivity contribution is 6.23. The van der Waals surface area contributed by atoms with Gasteiger partial charge in [0.15, 0.2) is 0 Å². The fourth-order valence-electron chi connectivity index (χ4n) is 8.29. The predicted molar refractivity (Wildman–Crippen MR) is 229 cm³/mol. The van der Waals surface area contributed by atoms with Crippen molar-refractivity contribution in [1.29, 1.82) is 0 Å². The second-order valence-corrected chi connectivity index (χ2v) is 14.1. The van der Waals surface area contributed by atoms with Crippen LogP contribution in [0.2, 0.25) is 0 Å². The molecule has 0 aliphatic rings. The molecule has 0 amide bonds. The van der Waals surface area contributed by atoms with Crippen molar-refractivity contribution in [2.45, 2.75) is 0 Å². The fourth-order valence-corrected chi connectivity index (χ4v) is 8.29. The summed E-state index contributed by atoms with van der Waals surface area (Å²) in [4.78, 5) is 2.31. The van der Waals surface area contributed by atoms with Crippen LogP contribution >= 0.6 is 0 Å². The number of nitrogens with zero attached hydrogens (tertiary/aromatic N) is 1. The Morgan fingerprint density at radius 2 is 0.891 bits per heavy atom. The van der Waals surface area contributed by atoms with E-state index in [4.69, 9.17) is 8.83 Å². The van der Waals surface area contributed by atoms with Crippen LogP contribution in [0.5, 0.6) is 0 Å². The molecule has 0 unspecified atom stereocenters. The van der Waals surface area contributed by atoms with Crippen LogP contribution in [0.1, 0.15) is 0 Å². The molecule has 3 heteroatoms. The van der Waals surface area contributed by atoms with E-state index >= 15 is 0 Å². The third kappa shape index (κ3) is 5.20. The SMILES string of the molecule is c1ccc(-c2cccc(N(c3ccc(-c4cccc5c4oc4cc(-c6ccccc6)c6ccccc6c45)cc3)c3ccc4c(c3)oc3ccccc34)c2)cc1. The Balaban J connectivity index is 1.05. The van der Waals surface area contributed by atoms with Crippen LogP contribution in [0.3, 0.4) is 0 Å². The third-order valence-corrected chi connectivity index (χ3v) is 10.9. The third-order valence-electron chi connectivity index (χ3n) is 10.9. The molecule has 2 heterocycles. The highest BCUT2D eigenvalue weighted by atomic mass is 16.3. The number of para-hydroxylation sites is 2.